The molecule has 2 heterocycles. The van der Waals surface area contributed by atoms with Crippen LogP contribution in [0.5, 0.6) is 0 Å². The Morgan fingerprint density at radius 2 is 2.25 bits per heavy atom. The largest absolute Gasteiger partial charge is 0.497 e. The fourth-order valence-corrected chi connectivity index (χ4v) is 1.38. The molecular weight excluding hydrogens is 159 g/mol. The molecule has 2 N–H and O–H groups in total. The van der Waals surface area contributed by atoms with Crippen molar-refractivity contribution < 1.29 is 19.5 Å². The average molecular weight is 168 g/mol. The summed E-state index contributed by atoms with van der Waals surface area (Å²) >= 11 is 0. The molecule has 12 heavy (non-hydrogen) atoms. The summed E-state index contributed by atoms with van der Waals surface area (Å²) in [7, 11) is -1.51. The van der Waals surface area contributed by atoms with E-state index in [0.29, 0.717) is 24.4 Å². The molecule has 0 aromatic rings. The molecule has 0 spiro atoms. The SMILES string of the molecule is OB(O)C1=COCC2=C1OCC2. The lowest BCUT2D eigenvalue weighted by atomic mass is 9.77. The molecule has 4 nitrogen and oxygen atoms in total. The molecule has 0 saturated heterocycles. The van der Waals surface area contributed by atoms with Crippen LogP contribution in [0.1, 0.15) is 6.42 Å². The zero-order valence-corrected chi connectivity index (χ0v) is 6.49. The van der Waals surface area contributed by atoms with Gasteiger partial charge in [0.15, 0.2) is 0 Å². The van der Waals surface area contributed by atoms with Gasteiger partial charge in [0.25, 0.3) is 0 Å². The van der Waals surface area contributed by atoms with Crippen LogP contribution >= 0.6 is 0 Å². The van der Waals surface area contributed by atoms with Crippen molar-refractivity contribution in [3.05, 3.63) is 23.1 Å². The Bertz CT molecular complexity index is 256. The first-order valence-electron chi connectivity index (χ1n) is 3.82. The number of hydrogen-bond donors (Lipinski definition) is 2. The zero-order valence-electron chi connectivity index (χ0n) is 6.49. The Labute approximate surface area is 70.2 Å². The number of rotatable bonds is 1. The van der Waals surface area contributed by atoms with Gasteiger partial charge in [0.1, 0.15) is 12.4 Å². The van der Waals surface area contributed by atoms with Gasteiger partial charge < -0.3 is 19.5 Å². The van der Waals surface area contributed by atoms with Gasteiger partial charge in [-0.05, 0) is 0 Å². The molecule has 5 heteroatoms. The molecule has 0 atom stereocenters. The van der Waals surface area contributed by atoms with Gasteiger partial charge in [-0.3, -0.25) is 0 Å². The number of ether oxygens (including phenoxy) is 2. The number of allylic oxidation sites excluding steroid dienone is 1. The second-order valence-corrected chi connectivity index (χ2v) is 2.79. The van der Waals surface area contributed by atoms with E-state index < -0.39 is 7.12 Å². The van der Waals surface area contributed by atoms with Crippen LogP contribution in [-0.2, 0) is 9.47 Å². The topological polar surface area (TPSA) is 58.9 Å². The molecule has 0 unspecified atom stereocenters. The average Bonchev–Trinajstić information content (AvgIpc) is 2.49. The van der Waals surface area contributed by atoms with E-state index in [4.69, 9.17) is 19.5 Å². The molecule has 64 valence electrons. The minimum absolute atomic E-state index is 0.328. The van der Waals surface area contributed by atoms with E-state index in [1.54, 1.807) is 0 Å². The molecule has 0 radical (unpaired) electrons. The van der Waals surface area contributed by atoms with Crippen molar-refractivity contribution in [3.8, 4) is 0 Å². The molecule has 0 amide bonds. The van der Waals surface area contributed by atoms with E-state index in [2.05, 4.69) is 0 Å². The fraction of sp³-hybridized carbons (Fsp3) is 0.429. The Balaban J connectivity index is 2.28. The highest BCUT2D eigenvalue weighted by Crippen LogP contribution is 2.29. The van der Waals surface area contributed by atoms with Crippen LogP contribution in [0.25, 0.3) is 0 Å². The molecule has 2 rings (SSSR count). The highest BCUT2D eigenvalue weighted by molar-refractivity contribution is 6.52. The summed E-state index contributed by atoms with van der Waals surface area (Å²) in [6.07, 6.45) is 2.16. The van der Waals surface area contributed by atoms with Crippen molar-refractivity contribution in [2.45, 2.75) is 6.42 Å². The van der Waals surface area contributed by atoms with Crippen LogP contribution in [-0.4, -0.2) is 30.4 Å². The Kier molecular flexibility index (Phi) is 1.82. The van der Waals surface area contributed by atoms with E-state index in [0.717, 1.165) is 12.0 Å². The summed E-state index contributed by atoms with van der Waals surface area (Å²) in [6.45, 7) is 1.11. The van der Waals surface area contributed by atoms with Crippen molar-refractivity contribution in [1.82, 2.24) is 0 Å². The molecule has 0 saturated carbocycles. The predicted octanol–water partition coefficient (Wildman–Crippen LogP) is -0.413. The first-order valence-corrected chi connectivity index (χ1v) is 3.82. The van der Waals surface area contributed by atoms with E-state index in [9.17, 15) is 0 Å². The maximum Gasteiger partial charge on any atom is 0.495 e. The summed E-state index contributed by atoms with van der Waals surface area (Å²) in [5.74, 6) is 0.608. The Hall–Kier alpha value is -0.935. The summed E-state index contributed by atoms with van der Waals surface area (Å²) in [5.41, 5.74) is 1.34. The van der Waals surface area contributed by atoms with Crippen molar-refractivity contribution in [2.75, 3.05) is 13.2 Å². The van der Waals surface area contributed by atoms with Crippen LogP contribution in [0, 0.1) is 0 Å². The van der Waals surface area contributed by atoms with Gasteiger partial charge in [-0.1, -0.05) is 0 Å². The fourth-order valence-electron chi connectivity index (χ4n) is 1.38. The van der Waals surface area contributed by atoms with Gasteiger partial charge in [-0.15, -0.1) is 0 Å². The van der Waals surface area contributed by atoms with Crippen molar-refractivity contribution >= 4 is 7.12 Å². The summed E-state index contributed by atoms with van der Waals surface area (Å²) in [5, 5.41) is 17.8. The quantitative estimate of drug-likeness (QED) is 0.522. The highest BCUT2D eigenvalue weighted by atomic mass is 16.5. The molecule has 0 aliphatic carbocycles. The molecule has 0 fully saturated rings. The van der Waals surface area contributed by atoms with E-state index in [-0.39, 0.29) is 0 Å². The van der Waals surface area contributed by atoms with Crippen LogP contribution in [0.4, 0.5) is 0 Å². The minimum atomic E-state index is -1.51. The van der Waals surface area contributed by atoms with E-state index >= 15 is 0 Å². The third-order valence-corrected chi connectivity index (χ3v) is 1.98. The van der Waals surface area contributed by atoms with E-state index in [1.807, 2.05) is 0 Å². The lowest BCUT2D eigenvalue weighted by Crippen LogP contribution is -2.21. The second-order valence-electron chi connectivity index (χ2n) is 2.79. The standard InChI is InChI=1S/C7H9BO4/c9-8(10)6-4-11-3-5-1-2-12-7(5)6/h4,9-10H,1-3H2. The van der Waals surface area contributed by atoms with Crippen molar-refractivity contribution in [2.24, 2.45) is 0 Å². The monoisotopic (exact) mass is 168 g/mol. The van der Waals surface area contributed by atoms with Gasteiger partial charge in [-0.25, -0.2) is 0 Å². The van der Waals surface area contributed by atoms with Crippen LogP contribution in [0.3, 0.4) is 0 Å². The van der Waals surface area contributed by atoms with Crippen LogP contribution in [0.2, 0.25) is 0 Å². The van der Waals surface area contributed by atoms with Crippen LogP contribution in [0.15, 0.2) is 23.1 Å². The van der Waals surface area contributed by atoms with Gasteiger partial charge in [0, 0.05) is 12.0 Å². The Morgan fingerprint density at radius 1 is 1.42 bits per heavy atom. The lowest BCUT2D eigenvalue weighted by Gasteiger charge is -2.14. The normalized spacial score (nSPS) is 21.0. The highest BCUT2D eigenvalue weighted by Gasteiger charge is 2.30. The second kappa shape index (κ2) is 2.84. The maximum absolute atomic E-state index is 8.92. The molecule has 0 aromatic heterocycles. The first-order chi connectivity index (χ1) is 5.79. The molecule has 0 aromatic carbocycles. The van der Waals surface area contributed by atoms with Crippen molar-refractivity contribution in [3.63, 3.8) is 0 Å². The molecule has 2 aliphatic rings. The summed E-state index contributed by atoms with van der Waals surface area (Å²) in [6, 6.07) is 0. The number of hydrogen-bond acceptors (Lipinski definition) is 4. The summed E-state index contributed by atoms with van der Waals surface area (Å²) < 4.78 is 10.3. The predicted molar refractivity (Wildman–Crippen MR) is 41.8 cm³/mol. The summed E-state index contributed by atoms with van der Waals surface area (Å²) in [4.78, 5) is 0. The molecule has 2 aliphatic heterocycles. The lowest BCUT2D eigenvalue weighted by molar-refractivity contribution is 0.236. The molecular formula is C7H9BO4. The minimum Gasteiger partial charge on any atom is -0.497 e. The third-order valence-electron chi connectivity index (χ3n) is 1.98. The first kappa shape index (κ1) is 7.70. The van der Waals surface area contributed by atoms with Gasteiger partial charge in [0.05, 0.1) is 18.3 Å². The van der Waals surface area contributed by atoms with E-state index in [1.165, 1.54) is 6.26 Å². The van der Waals surface area contributed by atoms with Gasteiger partial charge >= 0.3 is 7.12 Å². The molecule has 0 bridgehead atoms. The van der Waals surface area contributed by atoms with Crippen molar-refractivity contribution in [1.29, 1.82) is 0 Å². The Morgan fingerprint density at radius 3 is 3.00 bits per heavy atom. The van der Waals surface area contributed by atoms with Gasteiger partial charge in [-0.2, -0.15) is 0 Å². The maximum atomic E-state index is 8.92. The smallest absolute Gasteiger partial charge is 0.495 e. The van der Waals surface area contributed by atoms with Gasteiger partial charge in [0.2, 0.25) is 0 Å². The van der Waals surface area contributed by atoms with Crippen LogP contribution < -0.4 is 0 Å². The third kappa shape index (κ3) is 1.11. The zero-order chi connectivity index (χ0) is 8.55.